The number of aliphatic hydroxyl groups excluding tert-OH is 1. The molecule has 0 heterocycles. The van der Waals surface area contributed by atoms with Gasteiger partial charge in [0.1, 0.15) is 11.9 Å². The van der Waals surface area contributed by atoms with Gasteiger partial charge in [-0.2, -0.15) is 0 Å². The van der Waals surface area contributed by atoms with E-state index in [1.54, 1.807) is 0 Å². The Balaban J connectivity index is 2.02. The summed E-state index contributed by atoms with van der Waals surface area (Å²) in [5.41, 5.74) is -0.366. The molecule has 1 fully saturated rings. The summed E-state index contributed by atoms with van der Waals surface area (Å²) in [5.74, 6) is -1.24. The fourth-order valence-electron chi connectivity index (χ4n) is 2.86. The molecular formula is C15H21F2NO2. The zero-order valence-corrected chi connectivity index (χ0v) is 11.8. The number of benzene rings is 1. The van der Waals surface area contributed by atoms with Crippen LogP contribution in [-0.2, 0) is 0 Å². The molecular weight excluding hydrogens is 264 g/mol. The second-order valence-corrected chi connectivity index (χ2v) is 5.79. The summed E-state index contributed by atoms with van der Waals surface area (Å²) in [6.45, 7) is 4.06. The van der Waals surface area contributed by atoms with E-state index in [1.165, 1.54) is 12.1 Å². The van der Waals surface area contributed by atoms with Crippen LogP contribution in [0.1, 0.15) is 33.1 Å². The molecule has 1 aromatic carbocycles. The molecule has 2 rings (SSSR count). The first-order valence-corrected chi connectivity index (χ1v) is 6.94. The maximum Gasteiger partial charge on any atom is 0.167 e. The van der Waals surface area contributed by atoms with E-state index in [9.17, 15) is 13.9 Å². The molecule has 2 unspecified atom stereocenters. The van der Waals surface area contributed by atoms with E-state index in [4.69, 9.17) is 4.74 Å². The number of ether oxygens (including phenoxy) is 1. The largest absolute Gasteiger partial charge is 0.487 e. The van der Waals surface area contributed by atoms with Crippen LogP contribution in [0.3, 0.4) is 0 Å². The first-order valence-electron chi connectivity index (χ1n) is 6.94. The lowest BCUT2D eigenvalue weighted by Gasteiger charge is -2.30. The second kappa shape index (κ2) is 6.06. The normalized spacial score (nSPS) is 26.2. The summed E-state index contributed by atoms with van der Waals surface area (Å²) >= 11 is 0. The molecule has 0 aliphatic heterocycles. The number of aliphatic hydroxyl groups is 1. The Labute approximate surface area is 117 Å². The van der Waals surface area contributed by atoms with Gasteiger partial charge in [-0.25, -0.2) is 8.78 Å². The van der Waals surface area contributed by atoms with Crippen LogP contribution in [0.5, 0.6) is 5.75 Å². The quantitative estimate of drug-likeness (QED) is 0.874. The standard InChI is InChI=1S/C15H21F2NO2/c1-10(2)18-15(9-19)6-5-12(8-15)20-14-4-3-11(16)7-13(14)17/h3-4,7,10,12,18-19H,5-6,8-9H2,1-2H3. The Bertz CT molecular complexity index is 467. The third kappa shape index (κ3) is 3.46. The number of halogens is 2. The summed E-state index contributed by atoms with van der Waals surface area (Å²) < 4.78 is 32.0. The van der Waals surface area contributed by atoms with E-state index in [1.807, 2.05) is 13.8 Å². The van der Waals surface area contributed by atoms with Gasteiger partial charge in [-0.1, -0.05) is 13.8 Å². The molecule has 3 nitrogen and oxygen atoms in total. The molecule has 0 radical (unpaired) electrons. The van der Waals surface area contributed by atoms with Gasteiger partial charge in [-0.05, 0) is 25.0 Å². The van der Waals surface area contributed by atoms with Crippen LogP contribution >= 0.6 is 0 Å². The number of hydrogen-bond acceptors (Lipinski definition) is 3. The zero-order chi connectivity index (χ0) is 14.8. The topological polar surface area (TPSA) is 41.5 Å². The molecule has 1 aliphatic carbocycles. The van der Waals surface area contributed by atoms with Crippen LogP contribution in [0.2, 0.25) is 0 Å². The van der Waals surface area contributed by atoms with Crippen LogP contribution in [0.15, 0.2) is 18.2 Å². The van der Waals surface area contributed by atoms with Crippen LogP contribution in [-0.4, -0.2) is 29.4 Å². The third-order valence-corrected chi connectivity index (χ3v) is 3.65. The molecule has 1 aliphatic rings. The van der Waals surface area contributed by atoms with Crippen molar-refractivity contribution in [2.45, 2.75) is 50.8 Å². The Hall–Kier alpha value is -1.20. The van der Waals surface area contributed by atoms with Gasteiger partial charge in [-0.3, -0.25) is 0 Å². The van der Waals surface area contributed by atoms with Crippen molar-refractivity contribution in [1.82, 2.24) is 5.32 Å². The van der Waals surface area contributed by atoms with Crippen LogP contribution in [0, 0.1) is 11.6 Å². The van der Waals surface area contributed by atoms with Crippen molar-refractivity contribution >= 4 is 0 Å². The SMILES string of the molecule is CC(C)NC1(CO)CCC(Oc2ccc(F)cc2F)C1. The predicted molar refractivity (Wildman–Crippen MR) is 72.7 cm³/mol. The fourth-order valence-corrected chi connectivity index (χ4v) is 2.86. The maximum atomic E-state index is 13.6. The first kappa shape index (κ1) is 15.2. The summed E-state index contributed by atoms with van der Waals surface area (Å²) in [7, 11) is 0. The van der Waals surface area contributed by atoms with Crippen LogP contribution < -0.4 is 10.1 Å². The van der Waals surface area contributed by atoms with E-state index < -0.39 is 11.6 Å². The molecule has 0 saturated heterocycles. The molecule has 112 valence electrons. The summed E-state index contributed by atoms with van der Waals surface area (Å²) in [4.78, 5) is 0. The van der Waals surface area contributed by atoms with Crippen LogP contribution in [0.4, 0.5) is 8.78 Å². The molecule has 1 saturated carbocycles. The Kier molecular flexibility index (Phi) is 4.60. The van der Waals surface area contributed by atoms with Gasteiger partial charge in [-0.15, -0.1) is 0 Å². The number of rotatable bonds is 5. The monoisotopic (exact) mass is 285 g/mol. The van der Waals surface area contributed by atoms with Gasteiger partial charge in [0, 0.05) is 24.1 Å². The average Bonchev–Trinajstić information content (AvgIpc) is 2.76. The highest BCUT2D eigenvalue weighted by Crippen LogP contribution is 2.33. The van der Waals surface area contributed by atoms with Crippen molar-refractivity contribution in [2.75, 3.05) is 6.61 Å². The van der Waals surface area contributed by atoms with Gasteiger partial charge >= 0.3 is 0 Å². The van der Waals surface area contributed by atoms with Crippen molar-refractivity contribution in [3.8, 4) is 5.75 Å². The summed E-state index contributed by atoms with van der Waals surface area (Å²) in [6, 6.07) is 3.55. The molecule has 2 N–H and O–H groups in total. The Morgan fingerprint density at radius 3 is 2.80 bits per heavy atom. The maximum absolute atomic E-state index is 13.6. The number of nitrogens with one attached hydrogen (secondary N) is 1. The van der Waals surface area contributed by atoms with Gasteiger partial charge in [0.05, 0.1) is 6.61 Å². The van der Waals surface area contributed by atoms with Gasteiger partial charge in [0.25, 0.3) is 0 Å². The second-order valence-electron chi connectivity index (χ2n) is 5.79. The highest BCUT2D eigenvalue weighted by atomic mass is 19.1. The molecule has 0 bridgehead atoms. The number of hydrogen-bond donors (Lipinski definition) is 2. The Morgan fingerprint density at radius 2 is 2.20 bits per heavy atom. The van der Waals surface area contributed by atoms with E-state index in [-0.39, 0.29) is 30.0 Å². The van der Waals surface area contributed by atoms with Gasteiger partial charge in [0.2, 0.25) is 0 Å². The molecule has 1 aromatic rings. The molecule has 0 amide bonds. The minimum Gasteiger partial charge on any atom is -0.487 e. The van der Waals surface area contributed by atoms with E-state index >= 15 is 0 Å². The molecule has 2 atom stereocenters. The lowest BCUT2D eigenvalue weighted by Crippen LogP contribution is -2.50. The molecule has 0 spiro atoms. The van der Waals surface area contributed by atoms with Crippen molar-refractivity contribution in [3.05, 3.63) is 29.8 Å². The van der Waals surface area contributed by atoms with Gasteiger partial charge in [0.15, 0.2) is 11.6 Å². The smallest absolute Gasteiger partial charge is 0.167 e. The van der Waals surface area contributed by atoms with Crippen LogP contribution in [0.25, 0.3) is 0 Å². The highest BCUT2D eigenvalue weighted by Gasteiger charge is 2.40. The average molecular weight is 285 g/mol. The summed E-state index contributed by atoms with van der Waals surface area (Å²) in [6.07, 6.45) is 1.94. The summed E-state index contributed by atoms with van der Waals surface area (Å²) in [5, 5.41) is 13.0. The minimum absolute atomic E-state index is 0.0247. The fraction of sp³-hybridized carbons (Fsp3) is 0.600. The van der Waals surface area contributed by atoms with Crippen molar-refractivity contribution < 1.29 is 18.6 Å². The van der Waals surface area contributed by atoms with Crippen molar-refractivity contribution in [3.63, 3.8) is 0 Å². The van der Waals surface area contributed by atoms with Crippen molar-refractivity contribution in [1.29, 1.82) is 0 Å². The molecule has 5 heteroatoms. The van der Waals surface area contributed by atoms with E-state index in [0.29, 0.717) is 6.42 Å². The van der Waals surface area contributed by atoms with Gasteiger partial charge < -0.3 is 15.2 Å². The highest BCUT2D eigenvalue weighted by molar-refractivity contribution is 5.25. The third-order valence-electron chi connectivity index (χ3n) is 3.65. The molecule has 0 aromatic heterocycles. The molecule has 20 heavy (non-hydrogen) atoms. The predicted octanol–water partition coefficient (Wildman–Crippen LogP) is 2.63. The first-order chi connectivity index (χ1) is 9.44. The zero-order valence-electron chi connectivity index (χ0n) is 11.8. The van der Waals surface area contributed by atoms with E-state index in [2.05, 4.69) is 5.32 Å². The van der Waals surface area contributed by atoms with Crippen molar-refractivity contribution in [2.24, 2.45) is 0 Å². The lowest BCUT2D eigenvalue weighted by molar-refractivity contribution is 0.131. The minimum atomic E-state index is -0.691. The Morgan fingerprint density at radius 1 is 1.45 bits per heavy atom. The lowest BCUT2D eigenvalue weighted by atomic mass is 9.97. The van der Waals surface area contributed by atoms with E-state index in [0.717, 1.165) is 18.9 Å².